The van der Waals surface area contributed by atoms with Crippen LogP contribution in [0.5, 0.6) is 0 Å². The monoisotopic (exact) mass is 288 g/mol. The third-order valence-electron chi connectivity index (χ3n) is 4.76. The maximum Gasteiger partial charge on any atom is 0.333 e. The summed E-state index contributed by atoms with van der Waals surface area (Å²) in [5, 5.41) is 3.52. The summed E-state index contributed by atoms with van der Waals surface area (Å²) in [6.45, 7) is 4.39. The number of nitrogens with zero attached hydrogens (tertiary/aromatic N) is 1. The van der Waals surface area contributed by atoms with Crippen LogP contribution in [0.2, 0.25) is 0 Å². The number of carbonyl (C=O) groups excluding carboxylic acids is 1. The number of ether oxygens (including phenoxy) is 1. The molecule has 2 aliphatic rings. The lowest BCUT2D eigenvalue weighted by atomic mass is 9.85. The first-order valence-electron chi connectivity index (χ1n) is 8.01. The fourth-order valence-corrected chi connectivity index (χ4v) is 3.78. The van der Waals surface area contributed by atoms with E-state index in [2.05, 4.69) is 10.2 Å². The summed E-state index contributed by atoms with van der Waals surface area (Å²) in [5.41, 5.74) is 0.413. The van der Waals surface area contributed by atoms with E-state index in [1.54, 1.807) is 0 Å². The molecule has 1 N–H and O–H groups in total. The van der Waals surface area contributed by atoms with Crippen molar-refractivity contribution in [3.8, 4) is 0 Å². The molecule has 0 radical (unpaired) electrons. The molecule has 1 aromatic carbocycles. The SMILES string of the molecule is CCOC(=O)C1(Nc2ccccc2)CCN2CCCCC21. The van der Waals surface area contributed by atoms with Gasteiger partial charge in [0, 0.05) is 18.3 Å². The van der Waals surface area contributed by atoms with Crippen molar-refractivity contribution in [3.63, 3.8) is 0 Å². The standard InChI is InChI=1S/C17H24N2O2/c1-2-21-16(20)17(18-14-8-4-3-5-9-14)11-13-19-12-7-6-10-15(17)19/h3-5,8-9,15,18H,2,6-7,10-13H2,1H3. The molecule has 4 nitrogen and oxygen atoms in total. The van der Waals surface area contributed by atoms with Gasteiger partial charge in [-0.1, -0.05) is 24.6 Å². The zero-order chi connectivity index (χ0) is 14.7. The number of piperidine rings is 1. The Kier molecular flexibility index (Phi) is 4.15. The molecule has 0 aromatic heterocycles. The predicted octanol–water partition coefficient (Wildman–Crippen LogP) is 2.66. The second-order valence-corrected chi connectivity index (χ2v) is 5.98. The van der Waals surface area contributed by atoms with Gasteiger partial charge in [-0.2, -0.15) is 0 Å². The van der Waals surface area contributed by atoms with Crippen LogP contribution >= 0.6 is 0 Å². The smallest absolute Gasteiger partial charge is 0.333 e. The average Bonchev–Trinajstić information content (AvgIpc) is 2.89. The van der Waals surface area contributed by atoms with Gasteiger partial charge in [0.05, 0.1) is 6.61 Å². The number of benzene rings is 1. The first-order valence-corrected chi connectivity index (χ1v) is 8.01. The largest absolute Gasteiger partial charge is 0.464 e. The second kappa shape index (κ2) is 6.06. The minimum Gasteiger partial charge on any atom is -0.464 e. The Morgan fingerprint density at radius 2 is 2.14 bits per heavy atom. The zero-order valence-corrected chi connectivity index (χ0v) is 12.7. The normalized spacial score (nSPS) is 28.9. The number of rotatable bonds is 4. The highest BCUT2D eigenvalue weighted by molar-refractivity contribution is 5.86. The van der Waals surface area contributed by atoms with Crippen molar-refractivity contribution in [1.82, 2.24) is 4.90 Å². The Morgan fingerprint density at radius 3 is 2.90 bits per heavy atom. The third-order valence-corrected chi connectivity index (χ3v) is 4.76. The predicted molar refractivity (Wildman–Crippen MR) is 83.3 cm³/mol. The van der Waals surface area contributed by atoms with Gasteiger partial charge >= 0.3 is 5.97 Å². The lowest BCUT2D eigenvalue weighted by molar-refractivity contribution is -0.149. The number of para-hydroxylation sites is 1. The van der Waals surface area contributed by atoms with Crippen LogP contribution in [-0.2, 0) is 9.53 Å². The summed E-state index contributed by atoms with van der Waals surface area (Å²) in [6.07, 6.45) is 4.32. The van der Waals surface area contributed by atoms with Gasteiger partial charge in [0.2, 0.25) is 0 Å². The van der Waals surface area contributed by atoms with Crippen molar-refractivity contribution in [2.75, 3.05) is 25.0 Å². The highest BCUT2D eigenvalue weighted by Gasteiger charge is 2.54. The highest BCUT2D eigenvalue weighted by Crippen LogP contribution is 2.38. The topological polar surface area (TPSA) is 41.6 Å². The number of fused-ring (bicyclic) bond motifs is 1. The highest BCUT2D eigenvalue weighted by atomic mass is 16.5. The van der Waals surface area contributed by atoms with Crippen molar-refractivity contribution in [2.24, 2.45) is 0 Å². The van der Waals surface area contributed by atoms with Crippen molar-refractivity contribution in [2.45, 2.75) is 44.2 Å². The molecule has 2 saturated heterocycles. The Hall–Kier alpha value is -1.55. The number of esters is 1. The summed E-state index contributed by atoms with van der Waals surface area (Å²) in [4.78, 5) is 15.2. The molecule has 0 bridgehead atoms. The van der Waals surface area contributed by atoms with E-state index in [1.807, 2.05) is 37.3 Å². The molecular weight excluding hydrogens is 264 g/mol. The van der Waals surface area contributed by atoms with Crippen LogP contribution in [0.4, 0.5) is 5.69 Å². The number of carbonyl (C=O) groups is 1. The summed E-state index contributed by atoms with van der Waals surface area (Å²) in [6, 6.07) is 10.3. The minimum absolute atomic E-state index is 0.0942. The fourth-order valence-electron chi connectivity index (χ4n) is 3.78. The van der Waals surface area contributed by atoms with E-state index < -0.39 is 5.54 Å². The summed E-state index contributed by atoms with van der Waals surface area (Å²) >= 11 is 0. The molecule has 3 rings (SSSR count). The lowest BCUT2D eigenvalue weighted by Crippen LogP contribution is -2.57. The molecule has 0 spiro atoms. The first kappa shape index (κ1) is 14.4. The fraction of sp³-hybridized carbons (Fsp3) is 0.588. The van der Waals surface area contributed by atoms with Gasteiger partial charge in [-0.25, -0.2) is 4.79 Å². The summed E-state index contributed by atoms with van der Waals surface area (Å²) in [7, 11) is 0. The van der Waals surface area contributed by atoms with Crippen molar-refractivity contribution < 1.29 is 9.53 Å². The van der Waals surface area contributed by atoms with Crippen molar-refractivity contribution in [1.29, 1.82) is 0 Å². The Labute approximate surface area is 126 Å². The van der Waals surface area contributed by atoms with Crippen LogP contribution in [0.25, 0.3) is 0 Å². The maximum atomic E-state index is 12.7. The van der Waals surface area contributed by atoms with Gasteiger partial charge in [0.15, 0.2) is 5.54 Å². The molecule has 1 aromatic rings. The molecule has 0 aliphatic carbocycles. The molecule has 2 fully saturated rings. The van der Waals surface area contributed by atoms with E-state index in [4.69, 9.17) is 4.74 Å². The molecule has 4 heteroatoms. The molecule has 0 saturated carbocycles. The Bertz CT molecular complexity index is 491. The van der Waals surface area contributed by atoms with Crippen LogP contribution < -0.4 is 5.32 Å². The van der Waals surface area contributed by atoms with Crippen LogP contribution in [-0.4, -0.2) is 42.1 Å². The quantitative estimate of drug-likeness (QED) is 0.865. The van der Waals surface area contributed by atoms with E-state index in [1.165, 1.54) is 12.8 Å². The molecule has 2 atom stereocenters. The van der Waals surface area contributed by atoms with E-state index in [0.29, 0.717) is 6.61 Å². The molecule has 2 heterocycles. The number of hydrogen-bond donors (Lipinski definition) is 1. The summed E-state index contributed by atoms with van der Waals surface area (Å²) < 4.78 is 5.42. The van der Waals surface area contributed by atoms with Gasteiger partial charge < -0.3 is 10.1 Å². The van der Waals surface area contributed by atoms with Gasteiger partial charge in [-0.3, -0.25) is 4.90 Å². The molecule has 2 aliphatic heterocycles. The summed E-state index contributed by atoms with van der Waals surface area (Å²) in [5.74, 6) is -0.0942. The van der Waals surface area contributed by atoms with Gasteiger partial charge in [-0.15, -0.1) is 0 Å². The van der Waals surface area contributed by atoms with Gasteiger partial charge in [0.1, 0.15) is 0 Å². The van der Waals surface area contributed by atoms with E-state index >= 15 is 0 Å². The molecule has 0 amide bonds. The molecular formula is C17H24N2O2. The van der Waals surface area contributed by atoms with Gasteiger partial charge in [0.25, 0.3) is 0 Å². The molecule has 2 unspecified atom stereocenters. The van der Waals surface area contributed by atoms with Crippen molar-refractivity contribution in [3.05, 3.63) is 30.3 Å². The average molecular weight is 288 g/mol. The molecule has 114 valence electrons. The Morgan fingerprint density at radius 1 is 1.33 bits per heavy atom. The van der Waals surface area contributed by atoms with Crippen LogP contribution in [0.3, 0.4) is 0 Å². The second-order valence-electron chi connectivity index (χ2n) is 5.98. The minimum atomic E-state index is -0.586. The number of hydrogen-bond acceptors (Lipinski definition) is 4. The van der Waals surface area contributed by atoms with Crippen molar-refractivity contribution >= 4 is 11.7 Å². The Balaban J connectivity index is 1.90. The maximum absolute atomic E-state index is 12.7. The number of nitrogens with one attached hydrogen (secondary N) is 1. The van der Waals surface area contributed by atoms with E-state index in [9.17, 15) is 4.79 Å². The van der Waals surface area contributed by atoms with E-state index in [-0.39, 0.29) is 12.0 Å². The first-order chi connectivity index (χ1) is 10.3. The number of anilines is 1. The van der Waals surface area contributed by atoms with Gasteiger partial charge in [-0.05, 0) is 44.9 Å². The van der Waals surface area contributed by atoms with Crippen LogP contribution in [0.15, 0.2) is 30.3 Å². The van der Waals surface area contributed by atoms with E-state index in [0.717, 1.165) is 31.6 Å². The zero-order valence-electron chi connectivity index (χ0n) is 12.7. The van der Waals surface area contributed by atoms with Crippen LogP contribution in [0, 0.1) is 0 Å². The lowest BCUT2D eigenvalue weighted by Gasteiger charge is -2.40. The molecule has 21 heavy (non-hydrogen) atoms. The third kappa shape index (κ3) is 2.64. The van der Waals surface area contributed by atoms with Crippen LogP contribution in [0.1, 0.15) is 32.6 Å².